The maximum atomic E-state index is 12.9. The van der Waals surface area contributed by atoms with Crippen LogP contribution in [0.3, 0.4) is 0 Å². The Labute approximate surface area is 137 Å². The van der Waals surface area contributed by atoms with E-state index in [1.54, 1.807) is 12.1 Å². The molecule has 0 amide bonds. The van der Waals surface area contributed by atoms with Gasteiger partial charge in [0.15, 0.2) is 11.2 Å². The number of ketones is 2. The minimum absolute atomic E-state index is 0.0572. The van der Waals surface area contributed by atoms with E-state index >= 15 is 0 Å². The van der Waals surface area contributed by atoms with Crippen molar-refractivity contribution in [3.05, 3.63) is 56.7 Å². The molecule has 0 unspecified atom stereocenters. The molecule has 0 spiro atoms. The molecule has 1 aliphatic carbocycles. The Bertz CT molecular complexity index is 919. The Balaban J connectivity index is 1.90. The van der Waals surface area contributed by atoms with Crippen molar-refractivity contribution in [1.29, 1.82) is 0 Å². The molecule has 23 heavy (non-hydrogen) atoms. The molecule has 4 rings (SSSR count). The number of hydrogen-bond acceptors (Lipinski definition) is 5. The Morgan fingerprint density at radius 3 is 2.48 bits per heavy atom. The molecular weight excluding hydrogens is 310 g/mol. The Hall–Kier alpha value is -2.27. The highest BCUT2D eigenvalue weighted by molar-refractivity contribution is 7.20. The van der Waals surface area contributed by atoms with Gasteiger partial charge in [0.05, 0.1) is 16.1 Å². The summed E-state index contributed by atoms with van der Waals surface area (Å²) < 4.78 is 0.743. The summed E-state index contributed by atoms with van der Waals surface area (Å²) in [6, 6.07) is 7.13. The zero-order valence-corrected chi connectivity index (χ0v) is 13.3. The topological polar surface area (TPSA) is 54.5 Å². The van der Waals surface area contributed by atoms with Crippen LogP contribution in [0.4, 0.5) is 0 Å². The summed E-state index contributed by atoms with van der Waals surface area (Å²) in [5, 5.41) is 0.511. The maximum Gasteiger partial charge on any atom is 0.214 e. The van der Waals surface area contributed by atoms with Crippen molar-refractivity contribution in [2.75, 3.05) is 13.1 Å². The van der Waals surface area contributed by atoms with Crippen LogP contribution in [0.2, 0.25) is 0 Å². The van der Waals surface area contributed by atoms with Crippen LogP contribution in [0.15, 0.2) is 40.8 Å². The lowest BCUT2D eigenvalue weighted by Gasteiger charge is -2.31. The number of likely N-dealkylation sites (tertiary alicyclic amines) is 1. The molecule has 0 radical (unpaired) electrons. The molecule has 2 aromatic rings. The highest BCUT2D eigenvalue weighted by Crippen LogP contribution is 2.29. The highest BCUT2D eigenvalue weighted by atomic mass is 32.1. The lowest BCUT2D eigenvalue weighted by atomic mass is 9.96. The zero-order chi connectivity index (χ0) is 16.0. The van der Waals surface area contributed by atoms with E-state index in [4.69, 9.17) is 0 Å². The molecule has 1 aliphatic heterocycles. The number of allylic oxidation sites excluding steroid dienone is 2. The van der Waals surface area contributed by atoms with Gasteiger partial charge in [0, 0.05) is 29.3 Å². The molecule has 0 N–H and O–H groups in total. The van der Waals surface area contributed by atoms with Crippen LogP contribution in [0.5, 0.6) is 0 Å². The third-order valence-electron chi connectivity index (χ3n) is 4.45. The summed E-state index contributed by atoms with van der Waals surface area (Å²) >= 11 is 1.23. The number of Topliss-reactive ketones (excluding diaryl/α,β-unsaturated/α-hetero) is 1. The van der Waals surface area contributed by atoms with Gasteiger partial charge in [-0.05, 0) is 31.4 Å². The van der Waals surface area contributed by atoms with Gasteiger partial charge in [-0.25, -0.2) is 0 Å². The van der Waals surface area contributed by atoms with E-state index in [9.17, 15) is 14.4 Å². The van der Waals surface area contributed by atoms with Crippen LogP contribution in [0, 0.1) is 0 Å². The first kappa shape index (κ1) is 14.3. The van der Waals surface area contributed by atoms with Crippen molar-refractivity contribution >= 4 is 33.0 Å². The monoisotopic (exact) mass is 325 g/mol. The SMILES string of the molecule is O=C1C=C(N2CCCCC2)C(=O)c2c1sc1ccccc1c2=O. The first-order valence-electron chi connectivity index (χ1n) is 7.78. The van der Waals surface area contributed by atoms with Crippen LogP contribution < -0.4 is 5.43 Å². The second-order valence-corrected chi connectivity index (χ2v) is 6.95. The fraction of sp³-hybridized carbons (Fsp3) is 0.278. The van der Waals surface area contributed by atoms with E-state index in [0.29, 0.717) is 11.1 Å². The number of carbonyl (C=O) groups excluding carboxylic acids is 2. The number of hydrogen-bond donors (Lipinski definition) is 0. The summed E-state index contributed by atoms with van der Waals surface area (Å²) in [6.45, 7) is 1.54. The van der Waals surface area contributed by atoms with Gasteiger partial charge in [-0.1, -0.05) is 12.1 Å². The van der Waals surface area contributed by atoms with Crippen LogP contribution in [0.1, 0.15) is 39.3 Å². The van der Waals surface area contributed by atoms with Gasteiger partial charge in [-0.15, -0.1) is 11.3 Å². The van der Waals surface area contributed by atoms with E-state index < -0.39 is 0 Å². The number of fused-ring (bicyclic) bond motifs is 2. The summed E-state index contributed by atoms with van der Waals surface area (Å²) in [4.78, 5) is 40.3. The van der Waals surface area contributed by atoms with Gasteiger partial charge in [0.1, 0.15) is 0 Å². The Morgan fingerprint density at radius 1 is 0.957 bits per heavy atom. The molecule has 116 valence electrons. The van der Waals surface area contributed by atoms with E-state index in [2.05, 4.69) is 0 Å². The second kappa shape index (κ2) is 5.42. The van der Waals surface area contributed by atoms with Crippen LogP contribution in [-0.2, 0) is 0 Å². The van der Waals surface area contributed by atoms with Gasteiger partial charge < -0.3 is 4.90 Å². The largest absolute Gasteiger partial charge is 0.368 e. The molecule has 2 aliphatic rings. The van der Waals surface area contributed by atoms with E-state index in [-0.39, 0.29) is 27.4 Å². The second-order valence-electron chi connectivity index (χ2n) is 5.90. The predicted octanol–water partition coefficient (Wildman–Crippen LogP) is 3.01. The van der Waals surface area contributed by atoms with Crippen molar-refractivity contribution in [1.82, 2.24) is 4.90 Å². The minimum atomic E-state index is -0.324. The van der Waals surface area contributed by atoms with Gasteiger partial charge in [-0.2, -0.15) is 0 Å². The van der Waals surface area contributed by atoms with Crippen LogP contribution in [0.25, 0.3) is 10.1 Å². The van der Waals surface area contributed by atoms with E-state index in [1.807, 2.05) is 17.0 Å². The molecule has 5 heteroatoms. The molecule has 1 aromatic carbocycles. The minimum Gasteiger partial charge on any atom is -0.368 e. The number of benzene rings is 1. The van der Waals surface area contributed by atoms with E-state index in [1.165, 1.54) is 17.4 Å². The average Bonchev–Trinajstić information content (AvgIpc) is 2.59. The summed E-state index contributed by atoms with van der Waals surface area (Å²) in [5.74, 6) is -0.526. The Morgan fingerprint density at radius 2 is 1.70 bits per heavy atom. The summed E-state index contributed by atoms with van der Waals surface area (Å²) in [6.07, 6.45) is 4.58. The highest BCUT2D eigenvalue weighted by Gasteiger charge is 2.33. The smallest absolute Gasteiger partial charge is 0.214 e. The van der Waals surface area contributed by atoms with Gasteiger partial charge in [0.25, 0.3) is 0 Å². The molecule has 4 nitrogen and oxygen atoms in total. The third kappa shape index (κ3) is 2.23. The van der Waals surface area contributed by atoms with Crippen LogP contribution in [-0.4, -0.2) is 29.6 Å². The van der Waals surface area contributed by atoms with Crippen LogP contribution >= 0.6 is 11.3 Å². The fourth-order valence-corrected chi connectivity index (χ4v) is 4.36. The number of carbonyl (C=O) groups is 2. The first-order valence-corrected chi connectivity index (χ1v) is 8.60. The van der Waals surface area contributed by atoms with Gasteiger partial charge >= 0.3 is 0 Å². The summed E-state index contributed by atoms with van der Waals surface area (Å²) in [5.41, 5.74) is 0.124. The standard InChI is InChI=1S/C18H15NO3S/c20-13-10-12(19-8-4-1-5-9-19)17(22)15-16(21)11-6-2-3-7-14(11)23-18(13)15/h2-3,6-7,10H,1,4-5,8-9H2. The molecule has 0 saturated carbocycles. The number of rotatable bonds is 1. The van der Waals surface area contributed by atoms with Crippen molar-refractivity contribution in [2.45, 2.75) is 19.3 Å². The molecular formula is C18H15NO3S. The fourth-order valence-electron chi connectivity index (χ4n) is 3.27. The molecule has 1 saturated heterocycles. The third-order valence-corrected chi connectivity index (χ3v) is 5.63. The number of nitrogens with zero attached hydrogens (tertiary/aromatic N) is 1. The van der Waals surface area contributed by atoms with Crippen molar-refractivity contribution < 1.29 is 9.59 Å². The van der Waals surface area contributed by atoms with Crippen molar-refractivity contribution in [3.8, 4) is 0 Å². The number of piperidine rings is 1. The van der Waals surface area contributed by atoms with Crippen molar-refractivity contribution in [3.63, 3.8) is 0 Å². The van der Waals surface area contributed by atoms with Crippen molar-refractivity contribution in [2.24, 2.45) is 0 Å². The normalized spacial score (nSPS) is 18.1. The molecule has 0 bridgehead atoms. The van der Waals surface area contributed by atoms with Gasteiger partial charge in [0.2, 0.25) is 5.78 Å². The molecule has 1 fully saturated rings. The van der Waals surface area contributed by atoms with Gasteiger partial charge in [-0.3, -0.25) is 14.4 Å². The van der Waals surface area contributed by atoms with E-state index in [0.717, 1.165) is 37.1 Å². The lowest BCUT2D eigenvalue weighted by Crippen LogP contribution is -2.37. The molecule has 2 heterocycles. The quantitative estimate of drug-likeness (QED) is 0.809. The lowest BCUT2D eigenvalue weighted by molar-refractivity contribution is 0.0945. The molecule has 1 aromatic heterocycles. The Kier molecular flexibility index (Phi) is 3.38. The summed E-state index contributed by atoms with van der Waals surface area (Å²) in [7, 11) is 0. The maximum absolute atomic E-state index is 12.9. The average molecular weight is 325 g/mol. The predicted molar refractivity (Wildman–Crippen MR) is 90.3 cm³/mol. The zero-order valence-electron chi connectivity index (χ0n) is 12.5. The molecule has 0 atom stereocenters. The first-order chi connectivity index (χ1) is 11.2.